The van der Waals surface area contributed by atoms with Crippen molar-refractivity contribution in [1.29, 1.82) is 0 Å². The van der Waals surface area contributed by atoms with Crippen LogP contribution in [0.4, 0.5) is 0 Å². The summed E-state index contributed by atoms with van der Waals surface area (Å²) in [7, 11) is 3.82. The molecular weight excluding hydrogens is 433 g/mol. The van der Waals surface area contributed by atoms with Gasteiger partial charge in [0, 0.05) is 25.9 Å². The number of hydrogen-bond acceptors (Lipinski definition) is 3. The molecule has 2 aromatic rings. The fourth-order valence-corrected chi connectivity index (χ4v) is 2.46. The summed E-state index contributed by atoms with van der Waals surface area (Å²) in [6.07, 6.45) is 4.00. The van der Waals surface area contributed by atoms with Gasteiger partial charge in [-0.1, -0.05) is 37.3 Å². The molecule has 0 radical (unpaired) electrons. The van der Waals surface area contributed by atoms with Gasteiger partial charge in [-0.25, -0.2) is 4.98 Å². The van der Waals surface area contributed by atoms with Gasteiger partial charge in [-0.15, -0.1) is 24.0 Å². The van der Waals surface area contributed by atoms with E-state index in [0.717, 1.165) is 29.6 Å². The Kier molecular flexibility index (Phi) is 9.20. The van der Waals surface area contributed by atoms with Gasteiger partial charge in [-0.3, -0.25) is 4.99 Å². The smallest absolute Gasteiger partial charge is 0.193 e. The summed E-state index contributed by atoms with van der Waals surface area (Å²) < 4.78 is 0. The molecule has 0 spiro atoms. The third kappa shape index (κ3) is 6.01. The minimum absolute atomic E-state index is 0. The summed E-state index contributed by atoms with van der Waals surface area (Å²) in [5.74, 6) is 1.80. The quantitative estimate of drug-likeness (QED) is 0.395. The molecule has 1 unspecified atom stereocenters. The second-order valence-corrected chi connectivity index (χ2v) is 6.72. The van der Waals surface area contributed by atoms with Crippen LogP contribution >= 0.6 is 35.7 Å². The van der Waals surface area contributed by atoms with Gasteiger partial charge in [-0.05, 0) is 11.8 Å². The average molecular weight is 459 g/mol. The zero-order valence-corrected chi connectivity index (χ0v) is 17.8. The first-order valence-electron chi connectivity index (χ1n) is 7.68. The number of aliphatic imine (C=N–C) groups is 1. The number of guanidine groups is 1. The zero-order valence-electron chi connectivity index (χ0n) is 14.6. The highest BCUT2D eigenvalue weighted by molar-refractivity contribution is 14.0. The maximum absolute atomic E-state index is 4.48. The number of halogens is 1. The number of aromatic nitrogens is 2. The molecule has 1 heterocycles. The Morgan fingerprint density at radius 3 is 2.71 bits per heavy atom. The van der Waals surface area contributed by atoms with Crippen LogP contribution < -0.4 is 5.32 Å². The van der Waals surface area contributed by atoms with E-state index in [1.54, 1.807) is 7.05 Å². The Bertz CT molecular complexity index is 629. The molecule has 0 saturated carbocycles. The molecule has 0 aliphatic carbocycles. The Morgan fingerprint density at radius 2 is 2.08 bits per heavy atom. The van der Waals surface area contributed by atoms with E-state index in [2.05, 4.69) is 50.5 Å². The van der Waals surface area contributed by atoms with Gasteiger partial charge in [0.25, 0.3) is 0 Å². The molecule has 2 rings (SSSR count). The first kappa shape index (κ1) is 20.8. The number of nitrogens with zero attached hydrogens (tertiary/aromatic N) is 3. The lowest BCUT2D eigenvalue weighted by Crippen LogP contribution is -2.41. The van der Waals surface area contributed by atoms with Crippen molar-refractivity contribution in [2.24, 2.45) is 4.99 Å². The maximum Gasteiger partial charge on any atom is 0.193 e. The average Bonchev–Trinajstić information content (AvgIpc) is 3.04. The highest BCUT2D eigenvalue weighted by Crippen LogP contribution is 2.16. The van der Waals surface area contributed by atoms with Crippen LogP contribution in [-0.2, 0) is 6.54 Å². The zero-order chi connectivity index (χ0) is 16.7. The van der Waals surface area contributed by atoms with E-state index in [1.807, 2.05) is 43.2 Å². The van der Waals surface area contributed by atoms with Crippen LogP contribution in [0.3, 0.4) is 0 Å². The topological polar surface area (TPSA) is 56.3 Å². The monoisotopic (exact) mass is 459 g/mol. The number of thioether (sulfide) groups is 1. The summed E-state index contributed by atoms with van der Waals surface area (Å²) in [6.45, 7) is 3.77. The van der Waals surface area contributed by atoms with Gasteiger partial charge in [-0.2, -0.15) is 11.8 Å². The lowest BCUT2D eigenvalue weighted by Gasteiger charge is -2.22. The third-order valence-electron chi connectivity index (χ3n) is 3.62. The van der Waals surface area contributed by atoms with Crippen molar-refractivity contribution >= 4 is 41.7 Å². The molecule has 0 aliphatic rings. The minimum Gasteiger partial charge on any atom is -0.355 e. The number of hydrogen-bond donors (Lipinski definition) is 2. The predicted octanol–water partition coefficient (Wildman–Crippen LogP) is 3.45. The van der Waals surface area contributed by atoms with Crippen molar-refractivity contribution in [3.63, 3.8) is 0 Å². The Balaban J connectivity index is 0.00000288. The molecule has 0 amide bonds. The second kappa shape index (κ2) is 10.6. The molecule has 1 aromatic carbocycles. The molecule has 2 N–H and O–H groups in total. The SMILES string of the molecule is CN=C(NCC(C)SC)N(C)Cc1ncc(-c2ccccc2)[nH]1.I. The molecule has 24 heavy (non-hydrogen) atoms. The van der Waals surface area contributed by atoms with Crippen molar-refractivity contribution in [3.05, 3.63) is 42.4 Å². The van der Waals surface area contributed by atoms with Crippen LogP contribution in [-0.4, -0.2) is 53.0 Å². The Hall–Kier alpha value is -1.22. The molecule has 7 heteroatoms. The van der Waals surface area contributed by atoms with Crippen molar-refractivity contribution < 1.29 is 0 Å². The summed E-state index contributed by atoms with van der Waals surface area (Å²) in [6, 6.07) is 10.2. The van der Waals surface area contributed by atoms with Gasteiger partial charge in [0.1, 0.15) is 5.82 Å². The van der Waals surface area contributed by atoms with Crippen LogP contribution in [0.15, 0.2) is 41.5 Å². The molecule has 0 saturated heterocycles. The van der Waals surface area contributed by atoms with E-state index in [1.165, 1.54) is 0 Å². The molecular formula is C17H26IN5S. The number of aromatic amines is 1. The fourth-order valence-electron chi connectivity index (χ4n) is 2.21. The highest BCUT2D eigenvalue weighted by Gasteiger charge is 2.10. The summed E-state index contributed by atoms with van der Waals surface area (Å²) in [5.41, 5.74) is 2.18. The molecule has 0 bridgehead atoms. The van der Waals surface area contributed by atoms with E-state index in [4.69, 9.17) is 0 Å². The van der Waals surface area contributed by atoms with Crippen LogP contribution in [0.25, 0.3) is 11.3 Å². The van der Waals surface area contributed by atoms with Crippen LogP contribution in [0, 0.1) is 0 Å². The normalized spacial score (nSPS) is 12.4. The third-order valence-corrected chi connectivity index (χ3v) is 4.59. The van der Waals surface area contributed by atoms with E-state index in [0.29, 0.717) is 11.8 Å². The van der Waals surface area contributed by atoms with Crippen molar-refractivity contribution in [1.82, 2.24) is 20.2 Å². The first-order chi connectivity index (χ1) is 11.1. The highest BCUT2D eigenvalue weighted by atomic mass is 127. The van der Waals surface area contributed by atoms with Gasteiger partial charge in [0.2, 0.25) is 0 Å². The van der Waals surface area contributed by atoms with Crippen LogP contribution in [0.1, 0.15) is 12.7 Å². The standard InChI is InChI=1S/C17H25N5S.HI/c1-13(23-4)10-20-17(18-2)22(3)12-16-19-11-15(21-16)14-8-6-5-7-9-14;/h5-9,11,13H,10,12H2,1-4H3,(H,18,20)(H,19,21);1H. The lowest BCUT2D eigenvalue weighted by atomic mass is 10.2. The molecule has 0 aliphatic heterocycles. The van der Waals surface area contributed by atoms with E-state index >= 15 is 0 Å². The maximum atomic E-state index is 4.48. The molecule has 1 atom stereocenters. The van der Waals surface area contributed by atoms with Crippen molar-refractivity contribution in [2.45, 2.75) is 18.7 Å². The molecule has 1 aromatic heterocycles. The van der Waals surface area contributed by atoms with Gasteiger partial charge >= 0.3 is 0 Å². The van der Waals surface area contributed by atoms with E-state index in [9.17, 15) is 0 Å². The number of benzene rings is 1. The number of nitrogens with one attached hydrogen (secondary N) is 2. The summed E-state index contributed by atoms with van der Waals surface area (Å²) >= 11 is 1.84. The molecule has 0 fully saturated rings. The van der Waals surface area contributed by atoms with E-state index < -0.39 is 0 Å². The van der Waals surface area contributed by atoms with Gasteiger partial charge < -0.3 is 15.2 Å². The van der Waals surface area contributed by atoms with Crippen LogP contribution in [0.2, 0.25) is 0 Å². The number of rotatable bonds is 6. The van der Waals surface area contributed by atoms with E-state index in [-0.39, 0.29) is 24.0 Å². The number of imidazole rings is 1. The summed E-state index contributed by atoms with van der Waals surface area (Å²) in [4.78, 5) is 14.3. The van der Waals surface area contributed by atoms with Gasteiger partial charge in [0.15, 0.2) is 5.96 Å². The van der Waals surface area contributed by atoms with Crippen LogP contribution in [0.5, 0.6) is 0 Å². The summed E-state index contributed by atoms with van der Waals surface area (Å²) in [5, 5.41) is 3.94. The largest absolute Gasteiger partial charge is 0.355 e. The molecule has 5 nitrogen and oxygen atoms in total. The van der Waals surface area contributed by atoms with Gasteiger partial charge in [0.05, 0.1) is 18.4 Å². The number of H-pyrrole nitrogens is 1. The van der Waals surface area contributed by atoms with Crippen molar-refractivity contribution in [2.75, 3.05) is 26.9 Å². The van der Waals surface area contributed by atoms with Crippen molar-refractivity contribution in [3.8, 4) is 11.3 Å². The Morgan fingerprint density at radius 1 is 1.38 bits per heavy atom. The predicted molar refractivity (Wildman–Crippen MR) is 115 cm³/mol. The second-order valence-electron chi connectivity index (χ2n) is 5.44. The molecule has 132 valence electrons. The first-order valence-corrected chi connectivity index (χ1v) is 8.96. The lowest BCUT2D eigenvalue weighted by molar-refractivity contribution is 0.464. The fraction of sp³-hybridized carbons (Fsp3) is 0.412. The minimum atomic E-state index is 0. The Labute approximate surface area is 165 Å².